The van der Waals surface area contributed by atoms with Crippen LogP contribution in [0.15, 0.2) is 18.2 Å². The van der Waals surface area contributed by atoms with Crippen LogP contribution in [0.1, 0.15) is 81.2 Å². The Labute approximate surface area is 223 Å². The molecule has 0 heterocycles. The van der Waals surface area contributed by atoms with E-state index in [0.29, 0.717) is 18.1 Å². The summed E-state index contributed by atoms with van der Waals surface area (Å²) in [5.74, 6) is 0.615. The number of rotatable bonds is 8. The Balaban J connectivity index is 0.00000410. The standard InChI is InChI=1S/C26H46N2O5Si.CO2/c1-18(24(2,3)4)15-20(27-23(29)32-25(5,6)7)16-19-13-14-22(21(17-19)28(30)31)33-34(11,12)26(8,9)10;2-1-3/h13-14,17-18,20H,15-16H2,1-12H3,(H,27,29);/t18?,20-;/m1./s1. The molecule has 37 heavy (non-hydrogen) atoms. The van der Waals surface area contributed by atoms with Crippen molar-refractivity contribution in [3.8, 4) is 5.75 Å². The van der Waals surface area contributed by atoms with Gasteiger partial charge in [-0.15, -0.1) is 0 Å². The van der Waals surface area contributed by atoms with Gasteiger partial charge in [-0.25, -0.2) is 4.79 Å². The molecule has 0 fully saturated rings. The summed E-state index contributed by atoms with van der Waals surface area (Å²) in [5, 5.41) is 14.8. The monoisotopic (exact) mass is 538 g/mol. The van der Waals surface area contributed by atoms with Gasteiger partial charge in [0.1, 0.15) is 5.60 Å². The van der Waals surface area contributed by atoms with Gasteiger partial charge in [0.15, 0.2) is 5.75 Å². The number of nitrogens with zero attached hydrogens (tertiary/aromatic N) is 1. The summed E-state index contributed by atoms with van der Waals surface area (Å²) in [6, 6.07) is 4.91. The van der Waals surface area contributed by atoms with E-state index >= 15 is 0 Å². The number of amides is 1. The summed E-state index contributed by atoms with van der Waals surface area (Å²) in [6.45, 7) is 24.6. The molecule has 10 heteroatoms. The van der Waals surface area contributed by atoms with E-state index in [-0.39, 0.29) is 33.3 Å². The number of carbonyl (C=O) groups is 1. The fourth-order valence-electron chi connectivity index (χ4n) is 3.08. The predicted molar refractivity (Wildman–Crippen MR) is 146 cm³/mol. The highest BCUT2D eigenvalue weighted by atomic mass is 28.4. The number of alkyl carbamates (subject to hydrolysis) is 1. The van der Waals surface area contributed by atoms with E-state index in [1.54, 1.807) is 12.1 Å². The average molecular weight is 539 g/mol. The van der Waals surface area contributed by atoms with Crippen LogP contribution in [0, 0.1) is 21.4 Å². The first kappa shape index (κ1) is 34.3. The molecule has 1 rings (SSSR count). The van der Waals surface area contributed by atoms with Gasteiger partial charge >= 0.3 is 17.9 Å². The molecular formula is C27H46N2O7Si. The Hall–Kier alpha value is -2.71. The number of benzene rings is 1. The summed E-state index contributed by atoms with van der Waals surface area (Å²) >= 11 is 0. The van der Waals surface area contributed by atoms with Crippen molar-refractivity contribution in [1.82, 2.24) is 5.32 Å². The van der Waals surface area contributed by atoms with E-state index in [0.717, 1.165) is 12.0 Å². The van der Waals surface area contributed by atoms with Gasteiger partial charge in [-0.3, -0.25) is 10.1 Å². The van der Waals surface area contributed by atoms with Crippen LogP contribution in [0.5, 0.6) is 5.75 Å². The van der Waals surface area contributed by atoms with E-state index in [2.05, 4.69) is 66.9 Å². The van der Waals surface area contributed by atoms with Gasteiger partial charge in [-0.1, -0.05) is 54.5 Å². The van der Waals surface area contributed by atoms with Crippen molar-refractivity contribution in [3.63, 3.8) is 0 Å². The maximum Gasteiger partial charge on any atom is 0.407 e. The molecular weight excluding hydrogens is 492 g/mol. The molecule has 2 atom stereocenters. The molecule has 0 aliphatic rings. The minimum absolute atomic E-state index is 0.0396. The molecule has 0 radical (unpaired) electrons. The summed E-state index contributed by atoms with van der Waals surface area (Å²) in [7, 11) is -2.24. The van der Waals surface area contributed by atoms with Gasteiger partial charge in [0.2, 0.25) is 0 Å². The molecule has 0 aliphatic carbocycles. The predicted octanol–water partition coefficient (Wildman–Crippen LogP) is 6.90. The van der Waals surface area contributed by atoms with E-state index < -0.39 is 20.0 Å². The number of nitrogens with one attached hydrogen (secondary N) is 1. The zero-order valence-electron chi connectivity index (χ0n) is 24.6. The van der Waals surface area contributed by atoms with E-state index in [4.69, 9.17) is 18.8 Å². The molecule has 1 amide bonds. The summed E-state index contributed by atoms with van der Waals surface area (Å²) in [5.41, 5.74) is 0.186. The van der Waals surface area contributed by atoms with Crippen LogP contribution in [0.25, 0.3) is 0 Å². The quantitative estimate of drug-likeness (QED) is 0.217. The molecule has 9 nitrogen and oxygen atoms in total. The molecule has 0 saturated heterocycles. The van der Waals surface area contributed by atoms with Crippen LogP contribution in [0.2, 0.25) is 18.1 Å². The first-order chi connectivity index (χ1) is 16.5. The van der Waals surface area contributed by atoms with Crippen molar-refractivity contribution in [3.05, 3.63) is 33.9 Å². The maximum atomic E-state index is 12.5. The molecule has 0 aromatic heterocycles. The van der Waals surface area contributed by atoms with Crippen molar-refractivity contribution < 1.29 is 28.5 Å². The number of carbonyl (C=O) groups excluding carboxylic acids is 3. The molecule has 0 bridgehead atoms. The summed E-state index contributed by atoms with van der Waals surface area (Å²) < 4.78 is 11.7. The number of hydrogen-bond donors (Lipinski definition) is 1. The Bertz CT molecular complexity index is 951. The highest BCUT2D eigenvalue weighted by molar-refractivity contribution is 6.74. The average Bonchev–Trinajstić information content (AvgIpc) is 2.66. The summed E-state index contributed by atoms with van der Waals surface area (Å²) in [4.78, 5) is 40.3. The molecule has 210 valence electrons. The lowest BCUT2D eigenvalue weighted by Gasteiger charge is -2.36. The third kappa shape index (κ3) is 12.4. The van der Waals surface area contributed by atoms with Gasteiger partial charge in [0.05, 0.1) is 4.92 Å². The zero-order chi connectivity index (χ0) is 29.4. The fourth-order valence-corrected chi connectivity index (χ4v) is 4.11. The highest BCUT2D eigenvalue weighted by Crippen LogP contribution is 2.40. The second-order valence-corrected chi connectivity index (χ2v) is 17.8. The highest BCUT2D eigenvalue weighted by Gasteiger charge is 2.40. The van der Waals surface area contributed by atoms with E-state index in [1.165, 1.54) is 0 Å². The van der Waals surface area contributed by atoms with Crippen LogP contribution < -0.4 is 9.74 Å². The van der Waals surface area contributed by atoms with Gasteiger partial charge < -0.3 is 14.5 Å². The fraction of sp³-hybridized carbons (Fsp3) is 0.704. The Morgan fingerprint density at radius 2 is 1.59 bits per heavy atom. The number of nitro benzene ring substituents is 1. The van der Waals surface area contributed by atoms with Gasteiger partial charge in [0, 0.05) is 12.1 Å². The number of ether oxygens (including phenoxy) is 1. The molecule has 0 aliphatic heterocycles. The topological polar surface area (TPSA) is 125 Å². The second kappa shape index (κ2) is 13.2. The molecule has 1 aromatic rings. The van der Waals surface area contributed by atoms with Crippen molar-refractivity contribution >= 4 is 26.2 Å². The van der Waals surface area contributed by atoms with Crippen molar-refractivity contribution in [2.24, 2.45) is 11.3 Å². The maximum absolute atomic E-state index is 12.5. The molecule has 0 spiro atoms. The van der Waals surface area contributed by atoms with Crippen LogP contribution in [0.3, 0.4) is 0 Å². The molecule has 0 saturated carbocycles. The lowest BCUT2D eigenvalue weighted by Crippen LogP contribution is -2.44. The minimum atomic E-state index is -2.24. The van der Waals surface area contributed by atoms with Crippen LogP contribution in [-0.2, 0) is 20.7 Å². The van der Waals surface area contributed by atoms with Crippen molar-refractivity contribution in [1.29, 1.82) is 0 Å². The summed E-state index contributed by atoms with van der Waals surface area (Å²) in [6.07, 6.45) is 0.950. The Morgan fingerprint density at radius 1 is 1.08 bits per heavy atom. The molecule has 1 aromatic carbocycles. The van der Waals surface area contributed by atoms with Crippen LogP contribution in [-0.4, -0.2) is 37.1 Å². The largest absolute Gasteiger partial charge is 0.539 e. The number of nitro groups is 1. The third-order valence-electron chi connectivity index (χ3n) is 6.71. The second-order valence-electron chi connectivity index (χ2n) is 13.1. The van der Waals surface area contributed by atoms with Crippen LogP contribution in [0.4, 0.5) is 10.5 Å². The van der Waals surface area contributed by atoms with Crippen molar-refractivity contribution in [2.45, 2.75) is 112 Å². The number of hydrogen-bond acceptors (Lipinski definition) is 7. The lowest BCUT2D eigenvalue weighted by molar-refractivity contribution is -0.385. The van der Waals surface area contributed by atoms with Gasteiger partial charge in [0.25, 0.3) is 8.32 Å². The third-order valence-corrected chi connectivity index (χ3v) is 11.1. The van der Waals surface area contributed by atoms with Gasteiger partial charge in [-0.2, -0.15) is 9.59 Å². The van der Waals surface area contributed by atoms with E-state index in [9.17, 15) is 14.9 Å². The lowest BCUT2D eigenvalue weighted by atomic mass is 9.78. The van der Waals surface area contributed by atoms with Crippen LogP contribution >= 0.6 is 0 Å². The first-order valence-electron chi connectivity index (χ1n) is 12.5. The smallest absolute Gasteiger partial charge is 0.407 e. The Kier molecular flexibility index (Phi) is 12.2. The van der Waals surface area contributed by atoms with Crippen molar-refractivity contribution in [2.75, 3.05) is 0 Å². The van der Waals surface area contributed by atoms with E-state index in [1.807, 2.05) is 26.8 Å². The normalized spacial score (nSPS) is 13.8. The first-order valence-corrected chi connectivity index (χ1v) is 15.4. The SMILES string of the molecule is CC(C[C@H](Cc1ccc(O[Si](C)(C)C(C)(C)C)c([N+](=O)[O-])c1)NC(=O)OC(C)(C)C)C(C)(C)C.O=C=O. The minimum Gasteiger partial charge on any atom is -0.539 e. The van der Waals surface area contributed by atoms with Gasteiger partial charge in [-0.05, 0) is 74.7 Å². The molecule has 1 unspecified atom stereocenters. The Morgan fingerprint density at radius 3 is 2.00 bits per heavy atom. The molecule has 1 N–H and O–H groups in total. The zero-order valence-corrected chi connectivity index (χ0v) is 25.6.